The van der Waals surface area contributed by atoms with E-state index in [2.05, 4.69) is 54.9 Å². The molecule has 9 radical (unpaired) electrons. The summed E-state index contributed by atoms with van der Waals surface area (Å²) in [5, 5.41) is 0. The molecule has 0 atom stereocenters. The summed E-state index contributed by atoms with van der Waals surface area (Å²) in [5.74, 6) is 0. The molecule has 0 bridgehead atoms. The zero-order valence-corrected chi connectivity index (χ0v) is 15.1. The van der Waals surface area contributed by atoms with Gasteiger partial charge in [0.15, 0.2) is 0 Å². The Balaban J connectivity index is 5.83. The average Bonchev–Trinajstić information content (AvgIpc) is 2.26. The van der Waals surface area contributed by atoms with Gasteiger partial charge in [0.05, 0.1) is 27.0 Å². The minimum Gasteiger partial charge on any atom is -0.101 e. The highest BCUT2D eigenvalue weighted by atomic mass is 13.4. The molecular weight excluding hydrogens is 235 g/mol. The second-order valence-electron chi connectivity index (χ2n) is 7.53. The van der Waals surface area contributed by atoms with Crippen molar-refractivity contribution in [3.05, 3.63) is 0 Å². The van der Waals surface area contributed by atoms with Gasteiger partial charge in [0.2, 0.25) is 0 Å². The predicted octanol–water partition coefficient (Wildman–Crippen LogP) is -1.24. The molecule has 0 amide bonds. The maximum Gasteiger partial charge on any atom is 0.0850 e. The lowest BCUT2D eigenvalue weighted by atomic mass is 8.42. The van der Waals surface area contributed by atoms with E-state index in [1.54, 1.807) is 0 Å². The lowest BCUT2D eigenvalue weighted by molar-refractivity contribution is 2.05. The Bertz CT molecular complexity index is 242. The van der Waals surface area contributed by atoms with E-state index >= 15 is 0 Å². The average molecular weight is 257 g/mol. The largest absolute Gasteiger partial charge is 0.101 e. The van der Waals surface area contributed by atoms with Crippen molar-refractivity contribution < 1.29 is 0 Å². The Morgan fingerprint density at radius 3 is 1.14 bits per heavy atom. The van der Waals surface area contributed by atoms with Gasteiger partial charge in [-0.15, -0.1) is 6.82 Å². The van der Waals surface area contributed by atoms with Crippen LogP contribution in [0.4, 0.5) is 0 Å². The molecule has 0 saturated carbocycles. The minimum absolute atomic E-state index is 0.0802. The number of hydrogen-bond acceptors (Lipinski definition) is 0. The van der Waals surface area contributed by atoms with Gasteiger partial charge in [0.1, 0.15) is 0 Å². The van der Waals surface area contributed by atoms with Crippen LogP contribution in [-0.2, 0) is 0 Å². The summed E-state index contributed by atoms with van der Waals surface area (Å²) in [6.07, 6.45) is 0.141. The van der Waals surface area contributed by atoms with Crippen LogP contribution in [0.1, 0.15) is 0 Å². The van der Waals surface area contributed by atoms with Crippen molar-refractivity contribution in [3.63, 3.8) is 0 Å². The molecule has 0 aliphatic heterocycles. The van der Waals surface area contributed by atoms with E-state index in [0.29, 0.717) is 39.0 Å². The lowest BCUT2D eigenvalue weighted by Gasteiger charge is -2.41. The molecule has 0 aromatic rings. The Hall–Kier alpha value is 0.909. The van der Waals surface area contributed by atoms with Gasteiger partial charge < -0.3 is 0 Å². The summed E-state index contributed by atoms with van der Waals surface area (Å²) < 4.78 is 0. The fraction of sp³-hybridized carbons (Fsp3) is 1.00. The minimum atomic E-state index is -0.490. The summed E-state index contributed by atoms with van der Waals surface area (Å²) in [6, 6.07) is 0. The van der Waals surface area contributed by atoms with Crippen molar-refractivity contribution in [1.29, 1.82) is 0 Å². The first-order valence-electron chi connectivity index (χ1n) is 8.37. The summed E-state index contributed by atoms with van der Waals surface area (Å²) in [5.41, 5.74) is 0. The zero-order chi connectivity index (χ0) is 16.9. The standard InChI is InChI=1S/C7H21B14/c1-12-18(13(2)3)21(19(14(4)5)15(6)7)20(16(8)9)17(10)11/h1-7H3. The topological polar surface area (TPSA) is 0 Å². The van der Waals surface area contributed by atoms with Gasteiger partial charge in [-0.25, -0.2) is 0 Å². The Morgan fingerprint density at radius 1 is 0.571 bits per heavy atom. The van der Waals surface area contributed by atoms with Crippen LogP contribution in [-0.4, -0.2) is 96.2 Å². The summed E-state index contributed by atoms with van der Waals surface area (Å²) in [4.78, 5) is 0. The molecule has 0 heterocycles. The first kappa shape index (κ1) is 21.9. The van der Waals surface area contributed by atoms with Gasteiger partial charge in [-0.2, -0.15) is 0 Å². The summed E-state index contributed by atoms with van der Waals surface area (Å²) in [7, 11) is 26.6. The summed E-state index contributed by atoms with van der Waals surface area (Å²) in [6.45, 7) is 17.3. The molecule has 0 saturated heterocycles. The van der Waals surface area contributed by atoms with Crippen molar-refractivity contribution in [3.8, 4) is 0 Å². The van der Waals surface area contributed by atoms with Gasteiger partial charge in [-0.3, -0.25) is 0 Å². The highest BCUT2D eigenvalue weighted by Gasteiger charge is 2.47. The molecule has 0 aliphatic carbocycles. The fourth-order valence-electron chi connectivity index (χ4n) is 4.25. The van der Waals surface area contributed by atoms with Crippen molar-refractivity contribution in [2.45, 2.75) is 47.8 Å². The van der Waals surface area contributed by atoms with Gasteiger partial charge in [0, 0.05) is 69.3 Å². The molecule has 0 unspecified atom stereocenters. The van der Waals surface area contributed by atoms with Gasteiger partial charge in [-0.1, -0.05) is 40.9 Å². The van der Waals surface area contributed by atoms with E-state index in [-0.39, 0.29) is 6.39 Å². The highest BCUT2D eigenvalue weighted by molar-refractivity contribution is 8.14. The molecule has 0 fully saturated rings. The van der Waals surface area contributed by atoms with Crippen LogP contribution < -0.4 is 0 Å². The van der Waals surface area contributed by atoms with Gasteiger partial charge in [0.25, 0.3) is 0 Å². The number of hydrogen-bond donors (Lipinski definition) is 0. The molecule has 0 aromatic carbocycles. The third-order valence-corrected chi connectivity index (χ3v) is 4.92. The van der Waals surface area contributed by atoms with Crippen molar-refractivity contribution in [1.82, 2.24) is 0 Å². The predicted molar refractivity (Wildman–Crippen MR) is 122 cm³/mol. The molecule has 0 spiro atoms. The van der Waals surface area contributed by atoms with Crippen LogP contribution in [0.3, 0.4) is 0 Å². The monoisotopic (exact) mass is 259 g/mol. The van der Waals surface area contributed by atoms with Crippen molar-refractivity contribution >= 4 is 96.2 Å². The second-order valence-corrected chi connectivity index (χ2v) is 7.53. The molecule has 91 valence electrons. The lowest BCUT2D eigenvalue weighted by Crippen LogP contribution is -2.79. The maximum atomic E-state index is 6.07. The Labute approximate surface area is 144 Å². The van der Waals surface area contributed by atoms with Crippen molar-refractivity contribution in [2.24, 2.45) is 0 Å². The van der Waals surface area contributed by atoms with Crippen LogP contribution in [0, 0.1) is 0 Å². The quantitative estimate of drug-likeness (QED) is 0.453. The molecule has 14 heteroatoms. The van der Waals surface area contributed by atoms with Crippen LogP contribution in [0.5, 0.6) is 0 Å². The highest BCUT2D eigenvalue weighted by Crippen LogP contribution is 2.12. The fourth-order valence-corrected chi connectivity index (χ4v) is 4.25. The molecule has 0 aliphatic rings. The molecule has 21 heavy (non-hydrogen) atoms. The van der Waals surface area contributed by atoms with E-state index in [1.165, 1.54) is 0 Å². The smallest absolute Gasteiger partial charge is 0.0850 e. The van der Waals surface area contributed by atoms with Crippen LogP contribution in [0.25, 0.3) is 0 Å². The van der Waals surface area contributed by atoms with Crippen LogP contribution >= 0.6 is 0 Å². The zero-order valence-electron chi connectivity index (χ0n) is 15.1. The van der Waals surface area contributed by atoms with E-state index in [4.69, 9.17) is 30.9 Å². The van der Waals surface area contributed by atoms with Crippen LogP contribution in [0.15, 0.2) is 0 Å². The van der Waals surface area contributed by atoms with Gasteiger partial charge in [-0.05, 0) is 0 Å². The SMILES string of the molecule is [B]B([B])B(B([B])[B])B(B([B]C)B(C)C)B(B(C)C)B(C)C. The first-order chi connectivity index (χ1) is 9.56. The second kappa shape index (κ2) is 9.92. The van der Waals surface area contributed by atoms with E-state index < -0.39 is 12.8 Å². The molecule has 0 N–H and O–H groups in total. The molecule has 0 aromatic heterocycles. The number of rotatable bonds is 9. The third-order valence-electron chi connectivity index (χ3n) is 4.92. The maximum absolute atomic E-state index is 6.07. The van der Waals surface area contributed by atoms with Crippen molar-refractivity contribution in [2.75, 3.05) is 0 Å². The van der Waals surface area contributed by atoms with Crippen LogP contribution in [0.2, 0.25) is 47.8 Å². The Kier molecular flexibility index (Phi) is 10.3. The third kappa shape index (κ3) is 6.13. The summed E-state index contributed by atoms with van der Waals surface area (Å²) >= 11 is 0. The van der Waals surface area contributed by atoms with E-state index in [9.17, 15) is 0 Å². The molecule has 0 nitrogen and oxygen atoms in total. The Morgan fingerprint density at radius 2 is 0.952 bits per heavy atom. The van der Waals surface area contributed by atoms with E-state index in [1.807, 2.05) is 0 Å². The normalized spacial score (nSPS) is 9.48. The first-order valence-corrected chi connectivity index (χ1v) is 8.37. The molecule has 0 rings (SSSR count). The molecular formula is C7H21B14. The van der Waals surface area contributed by atoms with Gasteiger partial charge >= 0.3 is 0 Å². The van der Waals surface area contributed by atoms with E-state index in [0.717, 1.165) is 0 Å².